The maximum atomic E-state index is 12.7. The molecule has 2 heterocycles. The Balaban J connectivity index is 1.57. The number of nitrogens with zero attached hydrogens (tertiary/aromatic N) is 3. The van der Waals surface area contributed by atoms with Gasteiger partial charge >= 0.3 is 5.97 Å². The van der Waals surface area contributed by atoms with Gasteiger partial charge < -0.3 is 15.0 Å². The fraction of sp³-hybridized carbons (Fsp3) is 0.136. The Bertz CT molecular complexity index is 1170. The second-order valence-corrected chi connectivity index (χ2v) is 6.57. The first-order chi connectivity index (χ1) is 13.5. The Labute approximate surface area is 162 Å². The van der Waals surface area contributed by atoms with E-state index in [9.17, 15) is 4.79 Å². The highest BCUT2D eigenvalue weighted by molar-refractivity contribution is 5.91. The van der Waals surface area contributed by atoms with Crippen LogP contribution >= 0.6 is 0 Å². The zero-order valence-corrected chi connectivity index (χ0v) is 15.7. The number of anilines is 1. The molecule has 0 saturated carbocycles. The molecule has 0 aliphatic rings. The molecule has 6 nitrogen and oxygen atoms in total. The van der Waals surface area contributed by atoms with Gasteiger partial charge in [0.15, 0.2) is 12.4 Å². The van der Waals surface area contributed by atoms with Crippen LogP contribution in [0.15, 0.2) is 60.7 Å². The predicted molar refractivity (Wildman–Crippen MR) is 108 cm³/mol. The molecule has 0 saturated heterocycles. The SMILES string of the molecule is Cc1cc(C(=O)OCc2nc(N)c3ccccc3n2)c(C)n1-c1ccccc1. The molecule has 0 atom stereocenters. The molecule has 6 heteroatoms. The number of carbonyl (C=O) groups excluding carboxylic acids is 1. The highest BCUT2D eigenvalue weighted by Gasteiger charge is 2.18. The number of rotatable bonds is 4. The number of aryl methyl sites for hydroxylation is 1. The molecular weight excluding hydrogens is 352 g/mol. The van der Waals surface area contributed by atoms with Crippen molar-refractivity contribution in [2.24, 2.45) is 0 Å². The minimum absolute atomic E-state index is 0.0388. The molecular formula is C22H20N4O2. The van der Waals surface area contributed by atoms with E-state index in [2.05, 4.69) is 9.97 Å². The summed E-state index contributed by atoms with van der Waals surface area (Å²) in [4.78, 5) is 21.3. The molecule has 4 rings (SSSR count). The van der Waals surface area contributed by atoms with E-state index in [0.717, 1.165) is 28.0 Å². The van der Waals surface area contributed by atoms with E-state index >= 15 is 0 Å². The van der Waals surface area contributed by atoms with Gasteiger partial charge in [-0.1, -0.05) is 30.3 Å². The van der Waals surface area contributed by atoms with Crippen LogP contribution in [-0.2, 0) is 11.3 Å². The molecule has 2 aromatic carbocycles. The zero-order chi connectivity index (χ0) is 19.7. The van der Waals surface area contributed by atoms with Crippen molar-refractivity contribution in [1.29, 1.82) is 0 Å². The topological polar surface area (TPSA) is 83.0 Å². The molecule has 0 aliphatic carbocycles. The van der Waals surface area contributed by atoms with Gasteiger partial charge in [0.05, 0.1) is 11.1 Å². The molecule has 2 aromatic heterocycles. The first-order valence-corrected chi connectivity index (χ1v) is 8.97. The summed E-state index contributed by atoms with van der Waals surface area (Å²) in [6.07, 6.45) is 0. The number of fused-ring (bicyclic) bond motifs is 1. The number of esters is 1. The van der Waals surface area contributed by atoms with Gasteiger partial charge in [-0.05, 0) is 44.2 Å². The van der Waals surface area contributed by atoms with Crippen LogP contribution in [0.3, 0.4) is 0 Å². The van der Waals surface area contributed by atoms with Gasteiger partial charge in [-0.15, -0.1) is 0 Å². The zero-order valence-electron chi connectivity index (χ0n) is 15.7. The largest absolute Gasteiger partial charge is 0.454 e. The van der Waals surface area contributed by atoms with Crippen molar-refractivity contribution in [2.45, 2.75) is 20.5 Å². The number of nitrogen functional groups attached to an aromatic ring is 1. The molecule has 140 valence electrons. The van der Waals surface area contributed by atoms with Crippen LogP contribution in [0.5, 0.6) is 0 Å². The average Bonchev–Trinajstić information content (AvgIpc) is 3.01. The van der Waals surface area contributed by atoms with E-state index in [1.807, 2.05) is 79.1 Å². The Morgan fingerprint density at radius 1 is 1.04 bits per heavy atom. The number of hydrogen-bond donors (Lipinski definition) is 1. The molecule has 0 aliphatic heterocycles. The third-order valence-corrected chi connectivity index (χ3v) is 4.68. The predicted octanol–water partition coefficient (Wildman–Crippen LogP) is 3.98. The van der Waals surface area contributed by atoms with Gasteiger partial charge in [-0.2, -0.15) is 0 Å². The monoisotopic (exact) mass is 372 g/mol. The molecule has 0 amide bonds. The van der Waals surface area contributed by atoms with Crippen LogP contribution in [0.4, 0.5) is 5.82 Å². The number of para-hydroxylation sites is 2. The number of nitrogens with two attached hydrogens (primary N) is 1. The van der Waals surface area contributed by atoms with Crippen molar-refractivity contribution in [3.05, 3.63) is 83.4 Å². The van der Waals surface area contributed by atoms with E-state index in [-0.39, 0.29) is 6.61 Å². The second kappa shape index (κ2) is 7.15. The van der Waals surface area contributed by atoms with Gasteiger partial charge in [0.25, 0.3) is 0 Å². The van der Waals surface area contributed by atoms with Gasteiger partial charge in [-0.25, -0.2) is 14.8 Å². The highest BCUT2D eigenvalue weighted by Crippen LogP contribution is 2.22. The standard InChI is InChI=1S/C22H20N4O2/c1-14-12-18(15(2)26(14)16-8-4-3-5-9-16)22(27)28-13-20-24-19-11-7-6-10-17(19)21(23)25-20/h3-12H,13H2,1-2H3,(H2,23,24,25). The minimum atomic E-state index is -0.411. The van der Waals surface area contributed by atoms with Crippen molar-refractivity contribution < 1.29 is 9.53 Å². The third-order valence-electron chi connectivity index (χ3n) is 4.68. The normalized spacial score (nSPS) is 10.9. The minimum Gasteiger partial charge on any atom is -0.454 e. The average molecular weight is 372 g/mol. The van der Waals surface area contributed by atoms with Crippen molar-refractivity contribution in [3.63, 3.8) is 0 Å². The third kappa shape index (κ3) is 3.20. The van der Waals surface area contributed by atoms with Crippen LogP contribution in [-0.4, -0.2) is 20.5 Å². The number of ether oxygens (including phenoxy) is 1. The first kappa shape index (κ1) is 17.7. The smallest absolute Gasteiger partial charge is 0.340 e. The summed E-state index contributed by atoms with van der Waals surface area (Å²) in [5.41, 5.74) is 10.0. The lowest BCUT2D eigenvalue weighted by atomic mass is 10.2. The fourth-order valence-corrected chi connectivity index (χ4v) is 3.37. The van der Waals surface area contributed by atoms with E-state index in [0.29, 0.717) is 17.2 Å². The van der Waals surface area contributed by atoms with Crippen molar-refractivity contribution >= 4 is 22.7 Å². The Morgan fingerprint density at radius 2 is 1.75 bits per heavy atom. The van der Waals surface area contributed by atoms with Crippen LogP contribution in [0.1, 0.15) is 27.6 Å². The maximum absolute atomic E-state index is 12.7. The first-order valence-electron chi connectivity index (χ1n) is 8.97. The van der Waals surface area contributed by atoms with Crippen LogP contribution in [0.25, 0.3) is 16.6 Å². The van der Waals surface area contributed by atoms with Crippen molar-refractivity contribution in [2.75, 3.05) is 5.73 Å². The number of benzene rings is 2. The Hall–Kier alpha value is -3.67. The molecule has 0 spiro atoms. The molecule has 0 bridgehead atoms. The Kier molecular flexibility index (Phi) is 4.53. The molecule has 0 fully saturated rings. The summed E-state index contributed by atoms with van der Waals surface area (Å²) in [6, 6.07) is 19.2. The quantitative estimate of drug-likeness (QED) is 0.548. The number of hydrogen-bond acceptors (Lipinski definition) is 5. The summed E-state index contributed by atoms with van der Waals surface area (Å²) in [5, 5.41) is 0.781. The Morgan fingerprint density at radius 3 is 2.54 bits per heavy atom. The lowest BCUT2D eigenvalue weighted by Gasteiger charge is -2.10. The highest BCUT2D eigenvalue weighted by atomic mass is 16.5. The van der Waals surface area contributed by atoms with Gasteiger partial charge in [0.2, 0.25) is 0 Å². The molecule has 2 N–H and O–H groups in total. The van der Waals surface area contributed by atoms with Gasteiger partial charge in [-0.3, -0.25) is 0 Å². The summed E-state index contributed by atoms with van der Waals surface area (Å²) in [5.74, 6) is 0.339. The second-order valence-electron chi connectivity index (χ2n) is 6.57. The van der Waals surface area contributed by atoms with E-state index in [4.69, 9.17) is 10.5 Å². The number of carbonyl (C=O) groups is 1. The maximum Gasteiger partial charge on any atom is 0.340 e. The molecule has 0 unspecified atom stereocenters. The van der Waals surface area contributed by atoms with Gasteiger partial charge in [0.1, 0.15) is 5.82 Å². The lowest BCUT2D eigenvalue weighted by molar-refractivity contribution is 0.0462. The van der Waals surface area contributed by atoms with Gasteiger partial charge in [0, 0.05) is 22.5 Å². The fourth-order valence-electron chi connectivity index (χ4n) is 3.37. The molecule has 4 aromatic rings. The van der Waals surface area contributed by atoms with E-state index in [1.165, 1.54) is 0 Å². The number of aromatic nitrogens is 3. The van der Waals surface area contributed by atoms with Crippen molar-refractivity contribution in [1.82, 2.24) is 14.5 Å². The summed E-state index contributed by atoms with van der Waals surface area (Å²) in [6.45, 7) is 3.83. The van der Waals surface area contributed by atoms with Crippen LogP contribution in [0, 0.1) is 13.8 Å². The molecule has 0 radical (unpaired) electrons. The lowest BCUT2D eigenvalue weighted by Crippen LogP contribution is -2.10. The van der Waals surface area contributed by atoms with Crippen LogP contribution < -0.4 is 5.73 Å². The van der Waals surface area contributed by atoms with Crippen LogP contribution in [0.2, 0.25) is 0 Å². The molecule has 28 heavy (non-hydrogen) atoms. The van der Waals surface area contributed by atoms with E-state index < -0.39 is 5.97 Å². The summed E-state index contributed by atoms with van der Waals surface area (Å²) in [7, 11) is 0. The van der Waals surface area contributed by atoms with Crippen molar-refractivity contribution in [3.8, 4) is 5.69 Å². The summed E-state index contributed by atoms with van der Waals surface area (Å²) < 4.78 is 7.50. The van der Waals surface area contributed by atoms with E-state index in [1.54, 1.807) is 0 Å². The summed E-state index contributed by atoms with van der Waals surface area (Å²) >= 11 is 0.